The minimum atomic E-state index is 0.00912. The number of methoxy groups -OCH3 is 1. The lowest BCUT2D eigenvalue weighted by molar-refractivity contribution is -0.146. The molecule has 5 heteroatoms. The Hall–Kier alpha value is -2.01. The van der Waals surface area contributed by atoms with Gasteiger partial charge in [0.15, 0.2) is 0 Å². The smallest absolute Gasteiger partial charge is 0.310 e. The normalized spacial score (nSPS) is 37.6. The quantitative estimate of drug-likeness (QED) is 0.511. The number of piperazine rings is 1. The van der Waals surface area contributed by atoms with Gasteiger partial charge in [-0.15, -0.1) is 0 Å². The van der Waals surface area contributed by atoms with E-state index in [0.717, 1.165) is 51.2 Å². The molecule has 174 valence electrons. The summed E-state index contributed by atoms with van der Waals surface area (Å²) in [6, 6.07) is 8.70. The number of benzene rings is 1. The third-order valence-electron chi connectivity index (χ3n) is 8.87. The van der Waals surface area contributed by atoms with Gasteiger partial charge in [-0.2, -0.15) is 0 Å². The molecule has 2 aliphatic heterocycles. The van der Waals surface area contributed by atoms with Crippen molar-refractivity contribution in [2.75, 3.05) is 38.2 Å². The van der Waals surface area contributed by atoms with Crippen LogP contribution >= 0.6 is 0 Å². The third kappa shape index (κ3) is 3.83. The van der Waals surface area contributed by atoms with Crippen molar-refractivity contribution in [3.63, 3.8) is 0 Å². The molecule has 0 aromatic heterocycles. The molecule has 2 saturated carbocycles. The van der Waals surface area contributed by atoms with E-state index in [-0.39, 0.29) is 23.4 Å². The molecular weight excluding hydrogens is 400 g/mol. The summed E-state index contributed by atoms with van der Waals surface area (Å²) in [4.78, 5) is 17.9. The lowest BCUT2D eigenvalue weighted by Gasteiger charge is -2.50. The van der Waals surface area contributed by atoms with E-state index in [4.69, 9.17) is 9.47 Å². The van der Waals surface area contributed by atoms with Crippen LogP contribution in [0.4, 0.5) is 5.69 Å². The van der Waals surface area contributed by atoms with Crippen LogP contribution in [0.5, 0.6) is 5.75 Å². The van der Waals surface area contributed by atoms with Crippen molar-refractivity contribution >= 4 is 11.7 Å². The number of allylic oxidation sites excluding steroid dienone is 1. The molecule has 0 radical (unpaired) electrons. The van der Waals surface area contributed by atoms with Gasteiger partial charge in [-0.05, 0) is 62.5 Å². The van der Waals surface area contributed by atoms with Gasteiger partial charge in [0.1, 0.15) is 11.9 Å². The van der Waals surface area contributed by atoms with Gasteiger partial charge in [0.25, 0.3) is 0 Å². The van der Waals surface area contributed by atoms with E-state index in [0.29, 0.717) is 17.9 Å². The summed E-state index contributed by atoms with van der Waals surface area (Å²) < 4.78 is 11.4. The Morgan fingerprint density at radius 2 is 2.16 bits per heavy atom. The van der Waals surface area contributed by atoms with Crippen molar-refractivity contribution in [2.45, 2.75) is 58.1 Å². The molecule has 32 heavy (non-hydrogen) atoms. The Balaban J connectivity index is 1.25. The summed E-state index contributed by atoms with van der Waals surface area (Å²) >= 11 is 0. The first-order chi connectivity index (χ1) is 15.4. The number of nitrogens with zero attached hydrogens (tertiary/aromatic N) is 2. The Morgan fingerprint density at radius 3 is 2.94 bits per heavy atom. The van der Waals surface area contributed by atoms with E-state index in [1.165, 1.54) is 24.1 Å². The molecule has 5 nitrogen and oxygen atoms in total. The van der Waals surface area contributed by atoms with Gasteiger partial charge in [-0.25, -0.2) is 0 Å². The highest BCUT2D eigenvalue weighted by Crippen LogP contribution is 2.57. The highest BCUT2D eigenvalue weighted by atomic mass is 16.6. The fourth-order valence-electron chi connectivity index (χ4n) is 7.11. The highest BCUT2D eigenvalue weighted by Gasteiger charge is 2.55. The zero-order valence-electron chi connectivity index (χ0n) is 19.9. The molecule has 3 unspecified atom stereocenters. The van der Waals surface area contributed by atoms with Gasteiger partial charge >= 0.3 is 5.97 Å². The van der Waals surface area contributed by atoms with Gasteiger partial charge in [0, 0.05) is 49.9 Å². The summed E-state index contributed by atoms with van der Waals surface area (Å²) in [5, 5.41) is 0. The second-order valence-corrected chi connectivity index (χ2v) is 10.9. The molecule has 6 atom stereocenters. The summed E-state index contributed by atoms with van der Waals surface area (Å²) in [6.07, 6.45) is 5.83. The first kappa shape index (κ1) is 21.8. The van der Waals surface area contributed by atoms with Crippen LogP contribution in [-0.4, -0.2) is 56.3 Å². The van der Waals surface area contributed by atoms with Crippen molar-refractivity contribution in [1.82, 2.24) is 4.90 Å². The first-order valence-corrected chi connectivity index (χ1v) is 12.4. The maximum atomic E-state index is 12.9. The molecule has 0 N–H and O–H groups in total. The van der Waals surface area contributed by atoms with Crippen molar-refractivity contribution in [3.05, 3.63) is 36.4 Å². The minimum Gasteiger partial charge on any atom is -0.497 e. The standard InChI is InChI=1S/C27H38N2O3/c1-18-7-6-10-27(3)15-25-22(14-24(18)27)23(26(30)32-25)17-28-11-12-29(19(2)16-28)20-8-5-9-21(13-20)31-4/h5,8-9,13,19,22-25H,1,6-7,10-12,14-17H2,2-4H3/t19?,22-,23?,24?,25-,27-/m1/s1. The number of ether oxygens (including phenoxy) is 2. The molecule has 2 heterocycles. The molecule has 5 rings (SSSR count). The van der Waals surface area contributed by atoms with Crippen molar-refractivity contribution in [1.29, 1.82) is 0 Å². The molecule has 1 aromatic rings. The Morgan fingerprint density at radius 1 is 1.31 bits per heavy atom. The SMILES string of the molecule is C=C1CCC[C@]2(C)C[C@H]3OC(=O)C(CN4CCN(c5cccc(OC)c5)C(C)C4)[C@H]3CC12. The van der Waals surface area contributed by atoms with Gasteiger partial charge < -0.3 is 14.4 Å². The number of carbonyl (C=O) groups excluding carboxylic acids is 1. The topological polar surface area (TPSA) is 42.0 Å². The van der Waals surface area contributed by atoms with Gasteiger partial charge in [-0.3, -0.25) is 9.69 Å². The van der Waals surface area contributed by atoms with E-state index in [9.17, 15) is 4.79 Å². The van der Waals surface area contributed by atoms with Gasteiger partial charge in [-0.1, -0.05) is 25.1 Å². The Bertz CT molecular complexity index is 885. The second-order valence-electron chi connectivity index (χ2n) is 10.9. The Labute approximate surface area is 192 Å². The van der Waals surface area contributed by atoms with Crippen LogP contribution in [0.1, 0.15) is 46.0 Å². The second kappa shape index (κ2) is 8.40. The van der Waals surface area contributed by atoms with E-state index in [1.807, 2.05) is 6.07 Å². The van der Waals surface area contributed by atoms with Crippen LogP contribution in [0.3, 0.4) is 0 Å². The first-order valence-electron chi connectivity index (χ1n) is 12.4. The molecule has 2 saturated heterocycles. The minimum absolute atomic E-state index is 0.00912. The average molecular weight is 439 g/mol. The summed E-state index contributed by atoms with van der Waals surface area (Å²) in [5.41, 5.74) is 2.89. The van der Waals surface area contributed by atoms with Crippen LogP contribution in [0.25, 0.3) is 0 Å². The van der Waals surface area contributed by atoms with E-state index >= 15 is 0 Å². The lowest BCUT2D eigenvalue weighted by atomic mass is 9.55. The van der Waals surface area contributed by atoms with Crippen LogP contribution in [0.2, 0.25) is 0 Å². The molecular formula is C27H38N2O3. The van der Waals surface area contributed by atoms with Crippen LogP contribution < -0.4 is 9.64 Å². The van der Waals surface area contributed by atoms with Gasteiger partial charge in [0.05, 0.1) is 13.0 Å². The number of hydrogen-bond donors (Lipinski definition) is 0. The number of anilines is 1. The predicted octanol–water partition coefficient (Wildman–Crippen LogP) is 4.52. The van der Waals surface area contributed by atoms with Crippen molar-refractivity contribution in [2.24, 2.45) is 23.2 Å². The van der Waals surface area contributed by atoms with E-state index < -0.39 is 0 Å². The zero-order chi connectivity index (χ0) is 22.5. The van der Waals surface area contributed by atoms with E-state index in [2.05, 4.69) is 48.4 Å². The van der Waals surface area contributed by atoms with Gasteiger partial charge in [0.2, 0.25) is 0 Å². The largest absolute Gasteiger partial charge is 0.497 e. The van der Waals surface area contributed by atoms with E-state index in [1.54, 1.807) is 7.11 Å². The molecule has 0 bridgehead atoms. The summed E-state index contributed by atoms with van der Waals surface area (Å²) in [7, 11) is 1.71. The van der Waals surface area contributed by atoms with Crippen LogP contribution in [0, 0.1) is 23.2 Å². The third-order valence-corrected chi connectivity index (χ3v) is 8.87. The van der Waals surface area contributed by atoms with Crippen molar-refractivity contribution in [3.8, 4) is 5.75 Å². The monoisotopic (exact) mass is 438 g/mol. The van der Waals surface area contributed by atoms with Crippen LogP contribution in [0.15, 0.2) is 36.4 Å². The molecule has 1 aromatic carbocycles. The Kier molecular flexibility index (Phi) is 5.73. The maximum absolute atomic E-state index is 12.9. The average Bonchev–Trinajstić information content (AvgIpc) is 3.06. The zero-order valence-corrected chi connectivity index (χ0v) is 19.9. The fourth-order valence-corrected chi connectivity index (χ4v) is 7.11. The highest BCUT2D eigenvalue weighted by molar-refractivity contribution is 5.75. The molecule has 0 spiro atoms. The molecule has 0 amide bonds. The molecule has 4 fully saturated rings. The fraction of sp³-hybridized carbons (Fsp3) is 0.667. The number of fused-ring (bicyclic) bond motifs is 2. The number of esters is 1. The number of hydrogen-bond acceptors (Lipinski definition) is 5. The predicted molar refractivity (Wildman–Crippen MR) is 127 cm³/mol. The number of rotatable bonds is 4. The lowest BCUT2D eigenvalue weighted by Crippen LogP contribution is -2.54. The maximum Gasteiger partial charge on any atom is 0.310 e. The molecule has 4 aliphatic rings. The van der Waals surface area contributed by atoms with Crippen LogP contribution in [-0.2, 0) is 9.53 Å². The summed E-state index contributed by atoms with van der Waals surface area (Å²) in [5.74, 6) is 1.84. The number of carbonyl (C=O) groups is 1. The molecule has 2 aliphatic carbocycles. The van der Waals surface area contributed by atoms with Crippen molar-refractivity contribution < 1.29 is 14.3 Å². The summed E-state index contributed by atoms with van der Waals surface area (Å²) in [6.45, 7) is 12.8.